The number of carbonyl (C=O) groups excluding carboxylic acids is 2. The summed E-state index contributed by atoms with van der Waals surface area (Å²) in [6.07, 6.45) is 0.521. The van der Waals surface area contributed by atoms with Gasteiger partial charge in [-0.1, -0.05) is 18.2 Å². The average molecular weight is 340 g/mol. The zero-order valence-corrected chi connectivity index (χ0v) is 13.1. The van der Waals surface area contributed by atoms with Gasteiger partial charge in [0.2, 0.25) is 5.91 Å². The molecule has 0 aliphatic carbocycles. The summed E-state index contributed by atoms with van der Waals surface area (Å²) in [7, 11) is -3.43. The molecule has 2 aromatic rings. The highest BCUT2D eigenvalue weighted by molar-refractivity contribution is 7.90. The lowest BCUT2D eigenvalue weighted by Crippen LogP contribution is -2.19. The van der Waals surface area contributed by atoms with Gasteiger partial charge in [-0.3, -0.25) is 9.59 Å². The number of amides is 1. The highest BCUT2D eigenvalue weighted by Crippen LogP contribution is 2.19. The second kappa shape index (κ2) is 6.67. The third-order valence-corrected chi connectivity index (χ3v) is 4.27. The van der Waals surface area contributed by atoms with Gasteiger partial charge >= 0.3 is 5.97 Å². The van der Waals surface area contributed by atoms with Crippen LogP contribution in [0.1, 0.15) is 6.42 Å². The first-order chi connectivity index (χ1) is 10.3. The van der Waals surface area contributed by atoms with Crippen LogP contribution in [0, 0.1) is 0 Å². The number of nitrogens with one attached hydrogen (secondary N) is 1. The predicted molar refractivity (Wildman–Crippen MR) is 80.5 cm³/mol. The number of thiazole rings is 1. The molecule has 0 fully saturated rings. The van der Waals surface area contributed by atoms with E-state index in [0.717, 1.165) is 17.6 Å². The molecule has 0 aliphatic heterocycles. The summed E-state index contributed by atoms with van der Waals surface area (Å²) in [5.74, 6) is -1.01. The standard InChI is InChI=1S/C13H12N2O5S2/c1-22(18,19)11-8-21-13(15-11)14-10(16)7-12(17)20-9-5-3-2-4-6-9/h2-6,8H,7H2,1H3,(H,14,15,16). The molecular formula is C13H12N2O5S2. The molecule has 116 valence electrons. The van der Waals surface area contributed by atoms with Crippen molar-refractivity contribution >= 4 is 38.2 Å². The number of carbonyl (C=O) groups is 2. The second-order valence-corrected chi connectivity index (χ2v) is 7.10. The Morgan fingerprint density at radius 1 is 1.27 bits per heavy atom. The molecule has 22 heavy (non-hydrogen) atoms. The van der Waals surface area contributed by atoms with Gasteiger partial charge in [-0.2, -0.15) is 0 Å². The largest absolute Gasteiger partial charge is 0.426 e. The van der Waals surface area contributed by atoms with Crippen molar-refractivity contribution < 1.29 is 22.7 Å². The molecule has 0 unspecified atom stereocenters. The van der Waals surface area contributed by atoms with E-state index in [1.165, 1.54) is 5.38 Å². The Bertz CT molecular complexity index is 784. The number of hydrogen-bond donors (Lipinski definition) is 1. The Morgan fingerprint density at radius 2 is 1.95 bits per heavy atom. The number of esters is 1. The number of para-hydroxylation sites is 1. The third kappa shape index (κ3) is 4.64. The summed E-state index contributed by atoms with van der Waals surface area (Å²) in [5.41, 5.74) is 0. The van der Waals surface area contributed by atoms with Crippen molar-refractivity contribution in [1.29, 1.82) is 0 Å². The van der Waals surface area contributed by atoms with Crippen LogP contribution in [-0.4, -0.2) is 31.5 Å². The van der Waals surface area contributed by atoms with E-state index in [2.05, 4.69) is 10.3 Å². The first kappa shape index (κ1) is 16.1. The molecule has 1 amide bonds. The van der Waals surface area contributed by atoms with Gasteiger partial charge in [0.25, 0.3) is 0 Å². The van der Waals surface area contributed by atoms with Gasteiger partial charge in [0.15, 0.2) is 20.0 Å². The van der Waals surface area contributed by atoms with Crippen molar-refractivity contribution in [2.45, 2.75) is 11.4 Å². The van der Waals surface area contributed by atoms with E-state index in [9.17, 15) is 18.0 Å². The molecule has 1 aromatic carbocycles. The lowest BCUT2D eigenvalue weighted by atomic mass is 10.3. The van der Waals surface area contributed by atoms with Crippen LogP contribution in [0.15, 0.2) is 40.7 Å². The number of aromatic nitrogens is 1. The molecule has 0 radical (unpaired) electrons. The van der Waals surface area contributed by atoms with Crippen LogP contribution in [0.5, 0.6) is 5.75 Å². The van der Waals surface area contributed by atoms with E-state index < -0.39 is 28.1 Å². The summed E-state index contributed by atoms with van der Waals surface area (Å²) < 4.78 is 27.5. The van der Waals surface area contributed by atoms with Crippen LogP contribution in [-0.2, 0) is 19.4 Å². The fraction of sp³-hybridized carbons (Fsp3) is 0.154. The molecule has 0 bridgehead atoms. The van der Waals surface area contributed by atoms with E-state index in [0.29, 0.717) is 5.75 Å². The van der Waals surface area contributed by atoms with Crippen molar-refractivity contribution in [3.8, 4) is 5.75 Å². The van der Waals surface area contributed by atoms with E-state index in [1.807, 2.05) is 0 Å². The van der Waals surface area contributed by atoms with Crippen LogP contribution in [0.2, 0.25) is 0 Å². The molecule has 1 heterocycles. The fourth-order valence-electron chi connectivity index (χ4n) is 1.44. The van der Waals surface area contributed by atoms with Gasteiger partial charge < -0.3 is 10.1 Å². The van der Waals surface area contributed by atoms with E-state index in [1.54, 1.807) is 30.3 Å². The first-order valence-electron chi connectivity index (χ1n) is 6.06. The molecule has 2 rings (SSSR count). The minimum Gasteiger partial charge on any atom is -0.426 e. The van der Waals surface area contributed by atoms with Crippen molar-refractivity contribution in [2.24, 2.45) is 0 Å². The minimum atomic E-state index is -3.43. The van der Waals surface area contributed by atoms with Crippen LogP contribution >= 0.6 is 11.3 Å². The topological polar surface area (TPSA) is 102 Å². The number of nitrogens with zero attached hydrogens (tertiary/aromatic N) is 1. The molecule has 1 N–H and O–H groups in total. The number of anilines is 1. The lowest BCUT2D eigenvalue weighted by molar-refractivity contribution is -0.137. The number of ether oxygens (including phenoxy) is 1. The maximum absolute atomic E-state index is 11.7. The molecule has 0 saturated heterocycles. The fourth-order valence-corrected chi connectivity index (χ4v) is 3.18. The Balaban J connectivity index is 1.90. The highest BCUT2D eigenvalue weighted by atomic mass is 32.2. The first-order valence-corrected chi connectivity index (χ1v) is 8.83. The Hall–Kier alpha value is -2.26. The normalized spacial score (nSPS) is 11.0. The maximum Gasteiger partial charge on any atom is 0.320 e. The average Bonchev–Trinajstić information content (AvgIpc) is 2.87. The Kier molecular flexibility index (Phi) is 4.88. The molecule has 0 aliphatic rings. The summed E-state index contributed by atoms with van der Waals surface area (Å²) in [6.45, 7) is 0. The van der Waals surface area contributed by atoms with Crippen LogP contribution < -0.4 is 10.1 Å². The zero-order valence-electron chi connectivity index (χ0n) is 11.5. The second-order valence-electron chi connectivity index (χ2n) is 4.28. The monoisotopic (exact) mass is 340 g/mol. The predicted octanol–water partition coefficient (Wildman–Crippen LogP) is 1.48. The van der Waals surface area contributed by atoms with Crippen molar-refractivity contribution in [3.63, 3.8) is 0 Å². The lowest BCUT2D eigenvalue weighted by Gasteiger charge is -2.03. The minimum absolute atomic E-state index is 0.109. The van der Waals surface area contributed by atoms with Gasteiger partial charge in [-0.15, -0.1) is 11.3 Å². The van der Waals surface area contributed by atoms with Gasteiger partial charge in [0.05, 0.1) is 0 Å². The van der Waals surface area contributed by atoms with Gasteiger partial charge in [-0.05, 0) is 12.1 Å². The quantitative estimate of drug-likeness (QED) is 0.502. The van der Waals surface area contributed by atoms with E-state index in [4.69, 9.17) is 4.74 Å². The van der Waals surface area contributed by atoms with Gasteiger partial charge in [0.1, 0.15) is 12.2 Å². The van der Waals surface area contributed by atoms with Crippen molar-refractivity contribution in [2.75, 3.05) is 11.6 Å². The maximum atomic E-state index is 11.7. The Morgan fingerprint density at radius 3 is 2.55 bits per heavy atom. The highest BCUT2D eigenvalue weighted by Gasteiger charge is 2.16. The summed E-state index contributed by atoms with van der Waals surface area (Å²) in [4.78, 5) is 27.0. The summed E-state index contributed by atoms with van der Waals surface area (Å²) >= 11 is 0.961. The summed E-state index contributed by atoms with van der Waals surface area (Å²) in [5, 5.41) is 3.65. The number of benzene rings is 1. The third-order valence-electron chi connectivity index (χ3n) is 2.39. The van der Waals surface area contributed by atoms with Crippen LogP contribution in [0.25, 0.3) is 0 Å². The molecule has 9 heteroatoms. The molecule has 0 spiro atoms. The number of sulfone groups is 1. The molecule has 7 nitrogen and oxygen atoms in total. The molecule has 0 atom stereocenters. The van der Waals surface area contributed by atoms with Crippen molar-refractivity contribution in [3.05, 3.63) is 35.7 Å². The summed E-state index contributed by atoms with van der Waals surface area (Å²) in [6, 6.07) is 8.35. The molecular weight excluding hydrogens is 328 g/mol. The van der Waals surface area contributed by atoms with Gasteiger partial charge in [0, 0.05) is 11.6 Å². The van der Waals surface area contributed by atoms with E-state index >= 15 is 0 Å². The van der Waals surface area contributed by atoms with Crippen LogP contribution in [0.3, 0.4) is 0 Å². The SMILES string of the molecule is CS(=O)(=O)c1csc(NC(=O)CC(=O)Oc2ccccc2)n1. The smallest absolute Gasteiger partial charge is 0.320 e. The number of rotatable bonds is 5. The van der Waals surface area contributed by atoms with Gasteiger partial charge in [-0.25, -0.2) is 13.4 Å². The number of hydrogen-bond acceptors (Lipinski definition) is 7. The van der Waals surface area contributed by atoms with E-state index in [-0.39, 0.29) is 10.2 Å². The Labute approximate surface area is 130 Å². The van der Waals surface area contributed by atoms with Crippen molar-refractivity contribution in [1.82, 2.24) is 4.98 Å². The molecule has 1 aromatic heterocycles. The van der Waals surface area contributed by atoms with Crippen LogP contribution in [0.4, 0.5) is 5.13 Å². The molecule has 0 saturated carbocycles. The zero-order chi connectivity index (χ0) is 16.2.